The molecule has 0 saturated carbocycles. The van der Waals surface area contributed by atoms with Crippen LogP contribution in [0.5, 0.6) is 5.75 Å². The van der Waals surface area contributed by atoms with E-state index in [1.165, 1.54) is 12.1 Å². The molecule has 0 aliphatic heterocycles. The van der Waals surface area contributed by atoms with Crippen molar-refractivity contribution in [3.8, 4) is 5.75 Å². The Balaban J connectivity index is 2.13. The number of hydrogen-bond donors (Lipinski definition) is 1. The lowest BCUT2D eigenvalue weighted by atomic mass is 10.1. The molecule has 1 unspecified atom stereocenters. The van der Waals surface area contributed by atoms with E-state index in [9.17, 15) is 8.78 Å². The van der Waals surface area contributed by atoms with E-state index in [1.54, 1.807) is 6.92 Å². The van der Waals surface area contributed by atoms with E-state index in [0.29, 0.717) is 12.0 Å². The summed E-state index contributed by atoms with van der Waals surface area (Å²) in [6, 6.07) is 9.74. The molecule has 0 bridgehead atoms. The molecule has 0 spiro atoms. The molecule has 2 N–H and O–H groups in total. The minimum atomic E-state index is -0.708. The smallest absolute Gasteiger partial charge is 0.191 e. The van der Waals surface area contributed by atoms with Gasteiger partial charge in [-0.25, -0.2) is 8.78 Å². The van der Waals surface area contributed by atoms with E-state index in [2.05, 4.69) is 15.9 Å². The zero-order chi connectivity index (χ0) is 15.4. The van der Waals surface area contributed by atoms with Crippen LogP contribution < -0.4 is 10.5 Å². The van der Waals surface area contributed by atoms with Crippen molar-refractivity contribution in [2.45, 2.75) is 26.0 Å². The average molecular weight is 356 g/mol. The molecule has 0 aliphatic rings. The highest BCUT2D eigenvalue weighted by Crippen LogP contribution is 2.25. The maximum Gasteiger partial charge on any atom is 0.191 e. The zero-order valence-electron chi connectivity index (χ0n) is 11.6. The Bertz CT molecular complexity index is 608. The predicted molar refractivity (Wildman–Crippen MR) is 82.2 cm³/mol. The zero-order valence-corrected chi connectivity index (χ0v) is 13.2. The van der Waals surface area contributed by atoms with Crippen molar-refractivity contribution in [2.24, 2.45) is 5.73 Å². The lowest BCUT2D eigenvalue weighted by Gasteiger charge is -2.11. The molecule has 2 rings (SSSR count). The normalized spacial score (nSPS) is 12.2. The standard InChI is InChI=1S/C16H16BrF2NO/c1-10(20)5-12-7-14(18)16(15(19)8-12)21-9-11-3-2-4-13(17)6-11/h2-4,6-8,10H,5,9,20H2,1H3. The maximum absolute atomic E-state index is 13.9. The van der Waals surface area contributed by atoms with Crippen LogP contribution in [0.3, 0.4) is 0 Å². The predicted octanol–water partition coefficient (Wildman–Crippen LogP) is 4.20. The van der Waals surface area contributed by atoms with Gasteiger partial charge in [0.05, 0.1) is 0 Å². The largest absolute Gasteiger partial charge is 0.483 e. The number of rotatable bonds is 5. The first-order valence-corrected chi connectivity index (χ1v) is 7.35. The molecule has 1 atom stereocenters. The molecule has 0 aromatic heterocycles. The Hall–Kier alpha value is -1.46. The summed E-state index contributed by atoms with van der Waals surface area (Å²) in [7, 11) is 0. The fourth-order valence-electron chi connectivity index (χ4n) is 2.02. The first-order valence-electron chi connectivity index (χ1n) is 6.56. The molecular weight excluding hydrogens is 340 g/mol. The van der Waals surface area contributed by atoms with Gasteiger partial charge in [-0.15, -0.1) is 0 Å². The van der Waals surface area contributed by atoms with Crippen LogP contribution in [-0.2, 0) is 13.0 Å². The van der Waals surface area contributed by atoms with Crippen molar-refractivity contribution < 1.29 is 13.5 Å². The van der Waals surface area contributed by atoms with Gasteiger partial charge < -0.3 is 10.5 Å². The van der Waals surface area contributed by atoms with Gasteiger partial charge in [0.2, 0.25) is 0 Å². The summed E-state index contributed by atoms with van der Waals surface area (Å²) in [4.78, 5) is 0. The van der Waals surface area contributed by atoms with E-state index >= 15 is 0 Å². The molecule has 0 radical (unpaired) electrons. The van der Waals surface area contributed by atoms with E-state index in [0.717, 1.165) is 10.0 Å². The Morgan fingerprint density at radius 1 is 1.14 bits per heavy atom. The van der Waals surface area contributed by atoms with Crippen molar-refractivity contribution in [3.05, 3.63) is 63.6 Å². The average Bonchev–Trinajstić information content (AvgIpc) is 2.37. The van der Waals surface area contributed by atoms with Gasteiger partial charge in [0.15, 0.2) is 17.4 Å². The number of halogens is 3. The summed E-state index contributed by atoms with van der Waals surface area (Å²) in [6.07, 6.45) is 0.416. The Morgan fingerprint density at radius 3 is 2.38 bits per heavy atom. The van der Waals surface area contributed by atoms with E-state index in [4.69, 9.17) is 10.5 Å². The van der Waals surface area contributed by atoms with Crippen molar-refractivity contribution in [2.75, 3.05) is 0 Å². The highest BCUT2D eigenvalue weighted by atomic mass is 79.9. The third kappa shape index (κ3) is 4.51. The molecule has 0 saturated heterocycles. The van der Waals surface area contributed by atoms with Crippen molar-refractivity contribution in [1.82, 2.24) is 0 Å². The first kappa shape index (κ1) is 15.9. The van der Waals surface area contributed by atoms with Crippen LogP contribution in [0.15, 0.2) is 40.9 Å². The lowest BCUT2D eigenvalue weighted by molar-refractivity contribution is 0.273. The molecule has 0 heterocycles. The summed E-state index contributed by atoms with van der Waals surface area (Å²) in [5, 5.41) is 0. The fraction of sp³-hybridized carbons (Fsp3) is 0.250. The van der Waals surface area contributed by atoms with Crippen LogP contribution in [0.2, 0.25) is 0 Å². The SMILES string of the molecule is CC(N)Cc1cc(F)c(OCc2cccc(Br)c2)c(F)c1. The Morgan fingerprint density at radius 2 is 1.81 bits per heavy atom. The summed E-state index contributed by atoms with van der Waals surface area (Å²) < 4.78 is 34.0. The minimum Gasteiger partial charge on any atom is -0.483 e. The molecule has 5 heteroatoms. The van der Waals surface area contributed by atoms with Gasteiger partial charge in [-0.1, -0.05) is 28.1 Å². The van der Waals surface area contributed by atoms with Crippen LogP contribution in [0.1, 0.15) is 18.1 Å². The van der Waals surface area contributed by atoms with Crippen molar-refractivity contribution in [1.29, 1.82) is 0 Å². The summed E-state index contributed by atoms with van der Waals surface area (Å²) in [5.74, 6) is -1.77. The molecule has 21 heavy (non-hydrogen) atoms. The van der Waals surface area contributed by atoms with Crippen LogP contribution in [0, 0.1) is 11.6 Å². The molecule has 2 aromatic rings. The van der Waals surface area contributed by atoms with Gasteiger partial charge in [-0.05, 0) is 48.7 Å². The van der Waals surface area contributed by atoms with Gasteiger partial charge in [0.25, 0.3) is 0 Å². The summed E-state index contributed by atoms with van der Waals surface area (Å²) >= 11 is 3.33. The van der Waals surface area contributed by atoms with E-state index in [-0.39, 0.29) is 18.4 Å². The van der Waals surface area contributed by atoms with Gasteiger partial charge in [0.1, 0.15) is 6.61 Å². The van der Waals surface area contributed by atoms with E-state index in [1.807, 2.05) is 24.3 Å². The molecule has 112 valence electrons. The highest BCUT2D eigenvalue weighted by Gasteiger charge is 2.13. The van der Waals surface area contributed by atoms with Crippen molar-refractivity contribution in [3.63, 3.8) is 0 Å². The van der Waals surface area contributed by atoms with E-state index < -0.39 is 11.6 Å². The van der Waals surface area contributed by atoms with Gasteiger partial charge in [-0.3, -0.25) is 0 Å². The molecule has 2 nitrogen and oxygen atoms in total. The van der Waals surface area contributed by atoms with Gasteiger partial charge >= 0.3 is 0 Å². The van der Waals surface area contributed by atoms with Crippen molar-refractivity contribution >= 4 is 15.9 Å². The molecule has 0 fully saturated rings. The highest BCUT2D eigenvalue weighted by molar-refractivity contribution is 9.10. The second-order valence-corrected chi connectivity index (χ2v) is 5.90. The maximum atomic E-state index is 13.9. The number of ether oxygens (including phenoxy) is 1. The fourth-order valence-corrected chi connectivity index (χ4v) is 2.47. The molecule has 0 aliphatic carbocycles. The number of nitrogens with two attached hydrogens (primary N) is 1. The van der Waals surface area contributed by atoms with Crippen LogP contribution in [-0.4, -0.2) is 6.04 Å². The molecule has 0 amide bonds. The third-order valence-electron chi connectivity index (χ3n) is 2.89. The number of hydrogen-bond acceptors (Lipinski definition) is 2. The van der Waals surface area contributed by atoms with Gasteiger partial charge in [0, 0.05) is 10.5 Å². The number of benzene rings is 2. The summed E-state index contributed by atoms with van der Waals surface area (Å²) in [5.41, 5.74) is 6.98. The molecular formula is C16H16BrF2NO. The topological polar surface area (TPSA) is 35.2 Å². The second kappa shape index (κ2) is 7.00. The summed E-state index contributed by atoms with van der Waals surface area (Å²) in [6.45, 7) is 1.88. The van der Waals surface area contributed by atoms with Crippen LogP contribution in [0.25, 0.3) is 0 Å². The Kier molecular flexibility index (Phi) is 5.31. The second-order valence-electron chi connectivity index (χ2n) is 4.99. The quantitative estimate of drug-likeness (QED) is 0.872. The first-order chi connectivity index (χ1) is 9.95. The third-order valence-corrected chi connectivity index (χ3v) is 3.38. The lowest BCUT2D eigenvalue weighted by Crippen LogP contribution is -2.18. The monoisotopic (exact) mass is 355 g/mol. The minimum absolute atomic E-state index is 0.0971. The molecule has 2 aromatic carbocycles. The van der Waals surface area contributed by atoms with Crippen LogP contribution >= 0.6 is 15.9 Å². The van der Waals surface area contributed by atoms with Gasteiger partial charge in [-0.2, -0.15) is 0 Å². The Labute approximate surface area is 131 Å². The van der Waals surface area contributed by atoms with Crippen LogP contribution in [0.4, 0.5) is 8.78 Å².